The fraction of sp³-hybridized carbons (Fsp3) is 1.00. The summed E-state index contributed by atoms with van der Waals surface area (Å²) in [4.78, 5) is 5.10. The van der Waals surface area contributed by atoms with E-state index < -0.39 is 0 Å². The van der Waals surface area contributed by atoms with Crippen LogP contribution in [-0.4, -0.2) is 62.2 Å². The van der Waals surface area contributed by atoms with Gasteiger partial charge in [-0.25, -0.2) is 0 Å². The maximum absolute atomic E-state index is 3.85. The number of likely N-dealkylation sites (N-methyl/N-ethyl adjacent to an activating group) is 1. The molecule has 0 bridgehead atoms. The zero-order chi connectivity index (χ0) is 15.7. The van der Waals surface area contributed by atoms with Crippen molar-refractivity contribution < 1.29 is 0 Å². The van der Waals surface area contributed by atoms with E-state index in [1.165, 1.54) is 64.7 Å². The smallest absolute Gasteiger partial charge is 0.0249 e. The summed E-state index contributed by atoms with van der Waals surface area (Å²) in [6.07, 6.45) is 8.21. The SMILES string of the molecule is CCCNC1CCCCCC1N(CCN(C)C)CC(C)C. The Balaban J connectivity index is 2.71. The number of hydrogen-bond donors (Lipinski definition) is 1. The average Bonchev–Trinajstić information content (AvgIpc) is 2.66. The minimum absolute atomic E-state index is 0.702. The molecule has 1 fully saturated rings. The van der Waals surface area contributed by atoms with Gasteiger partial charge in [0.1, 0.15) is 0 Å². The quantitative estimate of drug-likeness (QED) is 0.659. The Kier molecular flexibility index (Phi) is 9.54. The molecule has 1 N–H and O–H groups in total. The highest BCUT2D eigenvalue weighted by Crippen LogP contribution is 2.23. The molecule has 1 aliphatic rings. The third-order valence-corrected chi connectivity index (χ3v) is 4.54. The number of nitrogens with one attached hydrogen (secondary N) is 1. The molecule has 0 aliphatic heterocycles. The fourth-order valence-electron chi connectivity index (χ4n) is 3.48. The van der Waals surface area contributed by atoms with Gasteiger partial charge >= 0.3 is 0 Å². The summed E-state index contributed by atoms with van der Waals surface area (Å²) in [5, 5.41) is 3.85. The first-order valence-electron chi connectivity index (χ1n) is 9.16. The van der Waals surface area contributed by atoms with Crippen molar-refractivity contribution in [2.45, 2.75) is 71.4 Å². The molecule has 3 heteroatoms. The van der Waals surface area contributed by atoms with Gasteiger partial charge in [-0.15, -0.1) is 0 Å². The first-order chi connectivity index (χ1) is 10.0. The maximum Gasteiger partial charge on any atom is 0.0249 e. The molecule has 0 radical (unpaired) electrons. The van der Waals surface area contributed by atoms with Crippen LogP contribution < -0.4 is 5.32 Å². The summed E-state index contributed by atoms with van der Waals surface area (Å²) in [7, 11) is 4.38. The van der Waals surface area contributed by atoms with Crippen LogP contribution in [0.15, 0.2) is 0 Å². The second kappa shape index (κ2) is 10.6. The minimum atomic E-state index is 0.702. The van der Waals surface area contributed by atoms with Crippen LogP contribution >= 0.6 is 0 Å². The van der Waals surface area contributed by atoms with Gasteiger partial charge in [-0.1, -0.05) is 40.0 Å². The average molecular weight is 298 g/mol. The summed E-state index contributed by atoms with van der Waals surface area (Å²) in [6, 6.07) is 1.44. The van der Waals surface area contributed by atoms with Crippen molar-refractivity contribution in [3.05, 3.63) is 0 Å². The predicted molar refractivity (Wildman–Crippen MR) is 93.9 cm³/mol. The molecule has 1 aliphatic carbocycles. The first-order valence-corrected chi connectivity index (χ1v) is 9.16. The molecule has 1 saturated carbocycles. The highest BCUT2D eigenvalue weighted by atomic mass is 15.2. The summed E-state index contributed by atoms with van der Waals surface area (Å²) < 4.78 is 0. The maximum atomic E-state index is 3.85. The van der Waals surface area contributed by atoms with E-state index in [1.807, 2.05) is 0 Å². The molecule has 1 rings (SSSR count). The molecule has 0 aromatic carbocycles. The van der Waals surface area contributed by atoms with Crippen molar-refractivity contribution in [3.63, 3.8) is 0 Å². The van der Waals surface area contributed by atoms with E-state index in [9.17, 15) is 0 Å². The van der Waals surface area contributed by atoms with Crippen molar-refractivity contribution in [2.24, 2.45) is 5.92 Å². The summed E-state index contributed by atoms with van der Waals surface area (Å²) in [6.45, 7) is 11.8. The van der Waals surface area contributed by atoms with E-state index in [4.69, 9.17) is 0 Å². The molecule has 0 aromatic rings. The van der Waals surface area contributed by atoms with E-state index in [-0.39, 0.29) is 0 Å². The lowest BCUT2D eigenvalue weighted by Crippen LogP contribution is -2.52. The van der Waals surface area contributed by atoms with Crippen LogP contribution in [0.4, 0.5) is 0 Å². The molecule has 2 atom stereocenters. The zero-order valence-electron chi connectivity index (χ0n) is 15.2. The van der Waals surface area contributed by atoms with Crippen LogP contribution in [0.3, 0.4) is 0 Å². The Morgan fingerprint density at radius 2 is 1.76 bits per heavy atom. The molecule has 0 spiro atoms. The molecular formula is C18H39N3. The van der Waals surface area contributed by atoms with Crippen LogP contribution in [-0.2, 0) is 0 Å². The molecular weight excluding hydrogens is 258 g/mol. The largest absolute Gasteiger partial charge is 0.312 e. The Hall–Kier alpha value is -0.120. The molecule has 0 aromatic heterocycles. The van der Waals surface area contributed by atoms with Gasteiger partial charge in [-0.2, -0.15) is 0 Å². The lowest BCUT2D eigenvalue weighted by atomic mass is 9.99. The van der Waals surface area contributed by atoms with E-state index in [0.29, 0.717) is 6.04 Å². The van der Waals surface area contributed by atoms with E-state index in [1.54, 1.807) is 0 Å². The summed E-state index contributed by atoms with van der Waals surface area (Å²) in [5.41, 5.74) is 0. The molecule has 0 heterocycles. The van der Waals surface area contributed by atoms with Crippen LogP contribution in [0.2, 0.25) is 0 Å². The third-order valence-electron chi connectivity index (χ3n) is 4.54. The van der Waals surface area contributed by atoms with Gasteiger partial charge in [0.05, 0.1) is 0 Å². The van der Waals surface area contributed by atoms with E-state index in [2.05, 4.69) is 50.0 Å². The Bertz CT molecular complexity index is 253. The number of hydrogen-bond acceptors (Lipinski definition) is 3. The lowest BCUT2D eigenvalue weighted by molar-refractivity contribution is 0.122. The molecule has 0 saturated heterocycles. The minimum Gasteiger partial charge on any atom is -0.312 e. The Morgan fingerprint density at radius 1 is 1.05 bits per heavy atom. The van der Waals surface area contributed by atoms with Crippen molar-refractivity contribution in [2.75, 3.05) is 40.3 Å². The van der Waals surface area contributed by atoms with Crippen LogP contribution in [0.1, 0.15) is 59.3 Å². The van der Waals surface area contributed by atoms with Gasteiger partial charge < -0.3 is 10.2 Å². The summed E-state index contributed by atoms with van der Waals surface area (Å²) in [5.74, 6) is 0.752. The topological polar surface area (TPSA) is 18.5 Å². The lowest BCUT2D eigenvalue weighted by Gasteiger charge is -2.38. The summed E-state index contributed by atoms with van der Waals surface area (Å²) >= 11 is 0. The fourth-order valence-corrected chi connectivity index (χ4v) is 3.48. The molecule has 21 heavy (non-hydrogen) atoms. The van der Waals surface area contributed by atoms with Gasteiger partial charge in [-0.05, 0) is 45.8 Å². The molecule has 126 valence electrons. The van der Waals surface area contributed by atoms with Gasteiger partial charge in [0.2, 0.25) is 0 Å². The van der Waals surface area contributed by atoms with Gasteiger partial charge in [-0.3, -0.25) is 4.90 Å². The highest BCUT2D eigenvalue weighted by Gasteiger charge is 2.28. The normalized spacial score (nSPS) is 24.0. The third kappa shape index (κ3) is 7.62. The highest BCUT2D eigenvalue weighted by molar-refractivity contribution is 4.87. The number of rotatable bonds is 9. The second-order valence-corrected chi connectivity index (χ2v) is 7.46. The molecule has 0 amide bonds. The van der Waals surface area contributed by atoms with E-state index >= 15 is 0 Å². The van der Waals surface area contributed by atoms with Gasteiger partial charge in [0, 0.05) is 31.7 Å². The second-order valence-electron chi connectivity index (χ2n) is 7.46. The van der Waals surface area contributed by atoms with Crippen molar-refractivity contribution in [1.82, 2.24) is 15.1 Å². The van der Waals surface area contributed by atoms with E-state index in [0.717, 1.165) is 12.0 Å². The van der Waals surface area contributed by atoms with Crippen LogP contribution in [0, 0.1) is 5.92 Å². The number of nitrogens with zero attached hydrogens (tertiary/aromatic N) is 2. The van der Waals surface area contributed by atoms with Gasteiger partial charge in [0.15, 0.2) is 0 Å². The predicted octanol–water partition coefficient (Wildman–Crippen LogP) is 3.21. The van der Waals surface area contributed by atoms with Crippen LogP contribution in [0.25, 0.3) is 0 Å². The monoisotopic (exact) mass is 297 g/mol. The van der Waals surface area contributed by atoms with Crippen LogP contribution in [0.5, 0.6) is 0 Å². The first kappa shape index (κ1) is 18.9. The molecule has 3 nitrogen and oxygen atoms in total. The van der Waals surface area contributed by atoms with Crippen molar-refractivity contribution >= 4 is 0 Å². The zero-order valence-corrected chi connectivity index (χ0v) is 15.2. The Morgan fingerprint density at radius 3 is 2.38 bits per heavy atom. The Labute approximate surface area is 133 Å². The molecule has 2 unspecified atom stereocenters. The van der Waals surface area contributed by atoms with Gasteiger partial charge in [0.25, 0.3) is 0 Å². The van der Waals surface area contributed by atoms with Crippen molar-refractivity contribution in [3.8, 4) is 0 Å². The standard InChI is InChI=1S/C18H39N3/c1-6-12-19-17-10-8-7-9-11-18(17)21(15-16(2)3)14-13-20(4)5/h16-19H,6-15H2,1-5H3. The van der Waals surface area contributed by atoms with Crippen molar-refractivity contribution in [1.29, 1.82) is 0 Å².